The van der Waals surface area contributed by atoms with Crippen LogP contribution in [0.3, 0.4) is 0 Å². The summed E-state index contributed by atoms with van der Waals surface area (Å²) in [5.41, 5.74) is 2.39. The van der Waals surface area contributed by atoms with Crippen LogP contribution in [0.5, 0.6) is 0 Å². The highest BCUT2D eigenvalue weighted by molar-refractivity contribution is 6.30. The Hall–Kier alpha value is -1.14. The topological polar surface area (TPSA) is 36.9 Å². The molecule has 0 N–H and O–H groups in total. The lowest BCUT2D eigenvalue weighted by Gasteiger charge is -2.16. The van der Waals surface area contributed by atoms with E-state index in [0.717, 1.165) is 10.0 Å². The van der Waals surface area contributed by atoms with Gasteiger partial charge in [0.15, 0.2) is 11.6 Å². The summed E-state index contributed by atoms with van der Waals surface area (Å²) < 4.78 is 22.2. The fourth-order valence-corrected chi connectivity index (χ4v) is 5.89. The Bertz CT molecular complexity index is 836. The zero-order valence-corrected chi connectivity index (χ0v) is 21.7. The summed E-state index contributed by atoms with van der Waals surface area (Å²) >= 11 is 11.8. The lowest BCUT2D eigenvalue weighted by molar-refractivity contribution is -0.154. The molecule has 0 bridgehead atoms. The number of hydrogen-bond acceptors (Lipinski definition) is 4. The van der Waals surface area contributed by atoms with Gasteiger partial charge in [0.05, 0.1) is 0 Å². The maximum absolute atomic E-state index is 5.88. The summed E-state index contributed by atoms with van der Waals surface area (Å²) in [6.07, 6.45) is 0. The molecule has 0 aromatic heterocycles. The van der Waals surface area contributed by atoms with E-state index in [1.807, 2.05) is 48.5 Å². The molecule has 0 amide bonds. The van der Waals surface area contributed by atoms with Gasteiger partial charge in [-0.3, -0.25) is 0 Å². The van der Waals surface area contributed by atoms with Gasteiger partial charge in [-0.2, -0.15) is 0 Å². The van der Waals surface area contributed by atoms with E-state index in [-0.39, 0.29) is 22.7 Å². The molecule has 4 rings (SSSR count). The number of rotatable bonds is 6. The SMILES string of the molecule is COC1(OC)[C@@H](c2ccc(Cl)cc2)C1(C)C.COC1(OC)[C@H](c2ccc(Cl)cc2)C1(C)C. The zero-order valence-electron chi connectivity index (χ0n) is 20.2. The highest BCUT2D eigenvalue weighted by Crippen LogP contribution is 2.70. The smallest absolute Gasteiger partial charge is 0.181 e. The first-order valence-electron chi connectivity index (χ1n) is 10.7. The monoisotopic (exact) mass is 480 g/mol. The Labute approximate surface area is 202 Å². The van der Waals surface area contributed by atoms with Gasteiger partial charge in [-0.05, 0) is 35.4 Å². The van der Waals surface area contributed by atoms with Crippen molar-refractivity contribution >= 4 is 23.2 Å². The van der Waals surface area contributed by atoms with Crippen LogP contribution < -0.4 is 0 Å². The van der Waals surface area contributed by atoms with Gasteiger partial charge in [0.25, 0.3) is 0 Å². The minimum atomic E-state index is -0.499. The van der Waals surface area contributed by atoms with Crippen molar-refractivity contribution in [1.82, 2.24) is 0 Å². The Morgan fingerprint density at radius 3 is 0.969 bits per heavy atom. The molecule has 2 aliphatic rings. The first-order valence-corrected chi connectivity index (χ1v) is 11.5. The molecule has 2 aliphatic carbocycles. The highest BCUT2D eigenvalue weighted by Gasteiger charge is 2.74. The van der Waals surface area contributed by atoms with E-state index < -0.39 is 11.6 Å². The van der Waals surface area contributed by atoms with Crippen LogP contribution in [-0.2, 0) is 18.9 Å². The molecule has 0 unspecified atom stereocenters. The molecule has 32 heavy (non-hydrogen) atoms. The second-order valence-electron chi connectivity index (χ2n) is 9.56. The van der Waals surface area contributed by atoms with Crippen molar-refractivity contribution in [2.24, 2.45) is 10.8 Å². The summed E-state index contributed by atoms with van der Waals surface area (Å²) in [7, 11) is 6.78. The molecule has 0 radical (unpaired) electrons. The number of methoxy groups -OCH3 is 4. The molecule has 0 spiro atoms. The number of benzene rings is 2. The average Bonchev–Trinajstić information content (AvgIpc) is 3.50. The third-order valence-corrected chi connectivity index (χ3v) is 7.96. The molecule has 176 valence electrons. The normalized spacial score (nSPS) is 25.4. The first-order chi connectivity index (χ1) is 15.0. The molecule has 2 saturated carbocycles. The molecule has 0 heterocycles. The summed E-state index contributed by atoms with van der Waals surface area (Å²) in [6.45, 7) is 8.61. The van der Waals surface area contributed by atoms with Crippen LogP contribution in [0.25, 0.3) is 0 Å². The minimum absolute atomic E-state index is 0.00959. The number of ether oxygens (including phenoxy) is 4. The van der Waals surface area contributed by atoms with Crippen LogP contribution in [0, 0.1) is 10.8 Å². The molecular formula is C26H34Cl2O4. The maximum atomic E-state index is 5.88. The van der Waals surface area contributed by atoms with Gasteiger partial charge in [-0.15, -0.1) is 0 Å². The van der Waals surface area contributed by atoms with E-state index in [1.54, 1.807) is 28.4 Å². The van der Waals surface area contributed by atoms with Crippen LogP contribution in [0.1, 0.15) is 50.7 Å². The first kappa shape index (κ1) is 25.5. The fraction of sp³-hybridized carbons (Fsp3) is 0.538. The molecular weight excluding hydrogens is 447 g/mol. The van der Waals surface area contributed by atoms with Crippen molar-refractivity contribution in [2.75, 3.05) is 28.4 Å². The lowest BCUT2D eigenvalue weighted by Crippen LogP contribution is -2.22. The molecule has 6 heteroatoms. The number of hydrogen-bond donors (Lipinski definition) is 0. The van der Waals surface area contributed by atoms with Gasteiger partial charge >= 0.3 is 0 Å². The maximum Gasteiger partial charge on any atom is 0.181 e. The zero-order chi connectivity index (χ0) is 23.9. The van der Waals surface area contributed by atoms with Crippen LogP contribution in [0.4, 0.5) is 0 Å². The Balaban J connectivity index is 0.000000181. The Morgan fingerprint density at radius 2 is 0.781 bits per heavy atom. The highest BCUT2D eigenvalue weighted by atomic mass is 35.5. The molecule has 2 aromatic carbocycles. The van der Waals surface area contributed by atoms with Gasteiger partial charge in [-0.25, -0.2) is 0 Å². The molecule has 2 fully saturated rings. The second kappa shape index (κ2) is 8.90. The van der Waals surface area contributed by atoms with Crippen molar-refractivity contribution in [1.29, 1.82) is 0 Å². The van der Waals surface area contributed by atoms with Crippen molar-refractivity contribution < 1.29 is 18.9 Å². The molecule has 4 nitrogen and oxygen atoms in total. The van der Waals surface area contributed by atoms with Gasteiger partial charge in [0.2, 0.25) is 0 Å². The quantitative estimate of drug-likeness (QED) is 0.421. The summed E-state index contributed by atoms with van der Waals surface area (Å²) in [5, 5.41) is 1.50. The van der Waals surface area contributed by atoms with Crippen LogP contribution in [0.15, 0.2) is 48.5 Å². The van der Waals surface area contributed by atoms with E-state index in [0.29, 0.717) is 0 Å². The van der Waals surface area contributed by atoms with Crippen LogP contribution >= 0.6 is 23.2 Å². The van der Waals surface area contributed by atoms with Gasteiger partial charge in [0.1, 0.15) is 0 Å². The molecule has 0 aliphatic heterocycles. The standard InChI is InChI=1S/2C13H17ClO2/c2*1-12(2)11(13(12,15-3)16-4)9-5-7-10(14)8-6-9/h2*5-8,11H,1-4H3/t2*11-/m10/s1. The summed E-state index contributed by atoms with van der Waals surface area (Å²) in [4.78, 5) is 0. The van der Waals surface area contributed by atoms with Crippen molar-refractivity contribution in [3.8, 4) is 0 Å². The largest absolute Gasteiger partial charge is 0.352 e. The van der Waals surface area contributed by atoms with E-state index in [1.165, 1.54) is 11.1 Å². The second-order valence-corrected chi connectivity index (χ2v) is 10.4. The minimum Gasteiger partial charge on any atom is -0.352 e. The third-order valence-electron chi connectivity index (χ3n) is 7.45. The summed E-state index contributed by atoms with van der Waals surface area (Å²) in [5.74, 6) is -0.485. The molecule has 0 saturated heterocycles. The average molecular weight is 481 g/mol. The van der Waals surface area contributed by atoms with Crippen LogP contribution in [0.2, 0.25) is 10.0 Å². The van der Waals surface area contributed by atoms with E-state index in [4.69, 9.17) is 42.1 Å². The van der Waals surface area contributed by atoms with Crippen molar-refractivity contribution in [3.05, 3.63) is 69.7 Å². The van der Waals surface area contributed by atoms with E-state index in [2.05, 4.69) is 27.7 Å². The van der Waals surface area contributed by atoms with Gasteiger partial charge in [-0.1, -0.05) is 75.2 Å². The molecule has 2 atom stereocenters. The van der Waals surface area contributed by atoms with Crippen molar-refractivity contribution in [3.63, 3.8) is 0 Å². The van der Waals surface area contributed by atoms with E-state index >= 15 is 0 Å². The van der Waals surface area contributed by atoms with Gasteiger partial charge in [0, 0.05) is 61.2 Å². The Morgan fingerprint density at radius 1 is 0.531 bits per heavy atom. The van der Waals surface area contributed by atoms with E-state index in [9.17, 15) is 0 Å². The van der Waals surface area contributed by atoms with Crippen LogP contribution in [-0.4, -0.2) is 40.0 Å². The molecule has 2 aromatic rings. The number of halogens is 2. The predicted molar refractivity (Wildman–Crippen MR) is 129 cm³/mol. The van der Waals surface area contributed by atoms with Gasteiger partial charge < -0.3 is 18.9 Å². The predicted octanol–water partition coefficient (Wildman–Crippen LogP) is 6.91. The summed E-state index contributed by atoms with van der Waals surface area (Å²) in [6, 6.07) is 15.8. The third kappa shape index (κ3) is 3.79. The Kier molecular flexibility index (Phi) is 7.09. The fourth-order valence-electron chi connectivity index (χ4n) is 5.64. The van der Waals surface area contributed by atoms with Crippen molar-refractivity contribution in [2.45, 2.75) is 51.1 Å². The lowest BCUT2D eigenvalue weighted by atomic mass is 10.0.